The Kier molecular flexibility index (Phi) is 4.19. The highest BCUT2D eigenvalue weighted by Crippen LogP contribution is 2.31. The lowest BCUT2D eigenvalue weighted by Gasteiger charge is -2.34. The molecule has 0 N–H and O–H groups in total. The Balaban J connectivity index is 1.75. The van der Waals surface area contributed by atoms with Crippen molar-refractivity contribution >= 4 is 0 Å². The predicted molar refractivity (Wildman–Crippen MR) is 82.8 cm³/mol. The van der Waals surface area contributed by atoms with Crippen molar-refractivity contribution in [1.82, 2.24) is 14.5 Å². The lowest BCUT2D eigenvalue weighted by molar-refractivity contribution is -0.140. The second kappa shape index (κ2) is 6.00. The number of rotatable bonds is 4. The van der Waals surface area contributed by atoms with Crippen molar-refractivity contribution in [3.63, 3.8) is 0 Å². The van der Waals surface area contributed by atoms with Crippen LogP contribution in [0.2, 0.25) is 0 Å². The maximum Gasteiger partial charge on any atom is 0.434 e. The molecule has 1 aromatic heterocycles. The fourth-order valence-electron chi connectivity index (χ4n) is 2.87. The average Bonchev–Trinajstić information content (AvgIpc) is 2.79. The van der Waals surface area contributed by atoms with Crippen LogP contribution in [0.3, 0.4) is 0 Å². The van der Waals surface area contributed by atoms with Crippen LogP contribution in [0.4, 0.5) is 13.2 Å². The van der Waals surface area contributed by atoms with Gasteiger partial charge >= 0.3 is 6.18 Å². The van der Waals surface area contributed by atoms with E-state index in [1.807, 2.05) is 24.3 Å². The van der Waals surface area contributed by atoms with Gasteiger partial charge in [0.15, 0.2) is 5.69 Å². The number of aryl methyl sites for hydroxylation is 1. The molecule has 124 valence electrons. The van der Waals surface area contributed by atoms with Crippen LogP contribution in [0, 0.1) is 0 Å². The van der Waals surface area contributed by atoms with Crippen molar-refractivity contribution in [2.45, 2.75) is 38.0 Å². The van der Waals surface area contributed by atoms with Crippen molar-refractivity contribution in [3.05, 3.63) is 41.7 Å². The predicted octanol–water partition coefficient (Wildman–Crippen LogP) is 4.09. The van der Waals surface area contributed by atoms with Crippen molar-refractivity contribution in [2.75, 3.05) is 7.05 Å². The van der Waals surface area contributed by atoms with E-state index in [4.69, 9.17) is 0 Å². The van der Waals surface area contributed by atoms with Gasteiger partial charge in [0, 0.05) is 31.4 Å². The molecule has 23 heavy (non-hydrogen) atoms. The molecule has 1 heterocycles. The van der Waals surface area contributed by atoms with Crippen LogP contribution in [0.15, 0.2) is 30.5 Å². The van der Waals surface area contributed by atoms with Gasteiger partial charge in [-0.1, -0.05) is 30.7 Å². The van der Waals surface area contributed by atoms with Gasteiger partial charge in [-0.3, -0.25) is 4.90 Å². The zero-order chi connectivity index (χ0) is 16.6. The first-order valence-electron chi connectivity index (χ1n) is 7.74. The number of halogens is 3. The molecule has 0 unspecified atom stereocenters. The topological polar surface area (TPSA) is 21.1 Å². The molecular formula is C17H20F3N3. The molecular weight excluding hydrogens is 303 g/mol. The van der Waals surface area contributed by atoms with Crippen LogP contribution in [-0.2, 0) is 19.8 Å². The molecule has 1 aliphatic carbocycles. The van der Waals surface area contributed by atoms with E-state index in [1.54, 1.807) is 7.05 Å². The minimum atomic E-state index is -4.42. The molecule has 3 rings (SSSR count). The largest absolute Gasteiger partial charge is 0.434 e. The fourth-order valence-corrected chi connectivity index (χ4v) is 2.87. The van der Waals surface area contributed by atoms with Gasteiger partial charge in [0.05, 0.1) is 0 Å². The first-order valence-corrected chi connectivity index (χ1v) is 7.74. The van der Waals surface area contributed by atoms with Crippen molar-refractivity contribution in [3.8, 4) is 11.4 Å². The van der Waals surface area contributed by atoms with E-state index >= 15 is 0 Å². The van der Waals surface area contributed by atoms with E-state index in [0.717, 1.165) is 18.3 Å². The first-order chi connectivity index (χ1) is 10.8. The summed E-state index contributed by atoms with van der Waals surface area (Å²) in [4.78, 5) is 6.05. The van der Waals surface area contributed by atoms with E-state index in [-0.39, 0.29) is 0 Å². The zero-order valence-corrected chi connectivity index (χ0v) is 13.3. The highest BCUT2D eigenvalue weighted by Gasteiger charge is 2.34. The Bertz CT molecular complexity index is 669. The molecule has 3 nitrogen and oxygen atoms in total. The van der Waals surface area contributed by atoms with Crippen LogP contribution < -0.4 is 0 Å². The molecule has 1 saturated carbocycles. The van der Waals surface area contributed by atoms with Crippen molar-refractivity contribution in [2.24, 2.45) is 7.05 Å². The van der Waals surface area contributed by atoms with Gasteiger partial charge in [0.1, 0.15) is 5.82 Å². The normalized spacial score (nSPS) is 15.9. The van der Waals surface area contributed by atoms with Crippen LogP contribution in [0.25, 0.3) is 11.4 Å². The highest BCUT2D eigenvalue weighted by atomic mass is 19.4. The summed E-state index contributed by atoms with van der Waals surface area (Å²) < 4.78 is 39.6. The summed E-state index contributed by atoms with van der Waals surface area (Å²) >= 11 is 0. The maximum absolute atomic E-state index is 12.7. The summed E-state index contributed by atoms with van der Waals surface area (Å²) in [5, 5.41) is 0. The number of imidazole rings is 1. The molecule has 0 radical (unpaired) electrons. The maximum atomic E-state index is 12.7. The van der Waals surface area contributed by atoms with Gasteiger partial charge in [-0.05, 0) is 25.5 Å². The third-order valence-electron chi connectivity index (χ3n) is 4.51. The molecule has 1 aromatic carbocycles. The smallest absolute Gasteiger partial charge is 0.333 e. The number of alkyl halides is 3. The molecule has 0 atom stereocenters. The molecule has 6 heteroatoms. The van der Waals surface area contributed by atoms with E-state index in [1.165, 1.54) is 23.8 Å². The van der Waals surface area contributed by atoms with Crippen molar-refractivity contribution in [1.29, 1.82) is 0 Å². The Hall–Kier alpha value is -1.82. The first kappa shape index (κ1) is 16.1. The summed E-state index contributed by atoms with van der Waals surface area (Å²) in [5.74, 6) is 0.330. The van der Waals surface area contributed by atoms with Crippen LogP contribution in [-0.4, -0.2) is 27.5 Å². The van der Waals surface area contributed by atoms with Crippen LogP contribution >= 0.6 is 0 Å². The van der Waals surface area contributed by atoms with E-state index in [0.29, 0.717) is 17.4 Å². The van der Waals surface area contributed by atoms with E-state index in [9.17, 15) is 13.2 Å². The lowest BCUT2D eigenvalue weighted by atomic mass is 9.91. The van der Waals surface area contributed by atoms with Gasteiger partial charge in [-0.15, -0.1) is 0 Å². The fraction of sp³-hybridized carbons (Fsp3) is 0.471. The molecule has 0 saturated heterocycles. The number of aromatic nitrogens is 2. The molecule has 2 aromatic rings. The minimum absolute atomic E-state index is 0.330. The summed E-state index contributed by atoms with van der Waals surface area (Å²) in [6.07, 6.45) is 0.411. The Morgan fingerprint density at radius 3 is 2.35 bits per heavy atom. The molecule has 0 bridgehead atoms. The number of hydrogen-bond acceptors (Lipinski definition) is 2. The molecule has 1 aliphatic rings. The molecule has 1 fully saturated rings. The average molecular weight is 323 g/mol. The quantitative estimate of drug-likeness (QED) is 0.845. The van der Waals surface area contributed by atoms with Gasteiger partial charge in [0.25, 0.3) is 0 Å². The second-order valence-electron chi connectivity index (χ2n) is 6.26. The Morgan fingerprint density at radius 1 is 1.22 bits per heavy atom. The van der Waals surface area contributed by atoms with E-state index in [2.05, 4.69) is 16.9 Å². The van der Waals surface area contributed by atoms with Crippen LogP contribution in [0.5, 0.6) is 0 Å². The standard InChI is InChI=1S/C17H20F3N3/c1-22(14-4-3-5-14)10-12-6-8-13(9-7-12)16-21-15(11-23(16)2)17(18,19)20/h6-9,11,14H,3-5,10H2,1-2H3. The summed E-state index contributed by atoms with van der Waals surface area (Å²) in [7, 11) is 3.70. The summed E-state index contributed by atoms with van der Waals surface area (Å²) in [6, 6.07) is 8.27. The molecule has 0 amide bonds. The Labute approximate surface area is 133 Å². The van der Waals surface area contributed by atoms with Crippen LogP contribution in [0.1, 0.15) is 30.5 Å². The zero-order valence-electron chi connectivity index (χ0n) is 13.3. The molecule has 0 aliphatic heterocycles. The SMILES string of the molecule is CN(Cc1ccc(-c2nc(C(F)(F)F)cn2C)cc1)C1CCC1. The second-order valence-corrected chi connectivity index (χ2v) is 6.26. The summed E-state index contributed by atoms with van der Waals surface area (Å²) in [6.45, 7) is 0.860. The Morgan fingerprint density at radius 2 is 1.87 bits per heavy atom. The van der Waals surface area contributed by atoms with Gasteiger partial charge in [0.2, 0.25) is 0 Å². The lowest BCUT2D eigenvalue weighted by Crippen LogP contribution is -2.36. The number of benzene rings is 1. The summed E-state index contributed by atoms with van der Waals surface area (Å²) in [5.41, 5.74) is 0.996. The number of nitrogens with zero attached hydrogens (tertiary/aromatic N) is 3. The molecule has 0 spiro atoms. The van der Waals surface area contributed by atoms with Gasteiger partial charge < -0.3 is 4.57 Å². The van der Waals surface area contributed by atoms with Crippen molar-refractivity contribution < 1.29 is 13.2 Å². The number of hydrogen-bond donors (Lipinski definition) is 0. The van der Waals surface area contributed by atoms with Gasteiger partial charge in [-0.2, -0.15) is 13.2 Å². The third-order valence-corrected chi connectivity index (χ3v) is 4.51. The third kappa shape index (κ3) is 3.42. The monoisotopic (exact) mass is 323 g/mol. The van der Waals surface area contributed by atoms with Gasteiger partial charge in [-0.25, -0.2) is 4.98 Å². The highest BCUT2D eigenvalue weighted by molar-refractivity contribution is 5.56. The minimum Gasteiger partial charge on any atom is -0.333 e. The van der Waals surface area contributed by atoms with E-state index < -0.39 is 11.9 Å².